The first kappa shape index (κ1) is 16.7. The van der Waals surface area contributed by atoms with E-state index in [0.717, 1.165) is 0 Å². The molecule has 0 aliphatic carbocycles. The number of hydrogen-bond acceptors (Lipinski definition) is 3. The van der Waals surface area contributed by atoms with Crippen molar-refractivity contribution in [2.24, 2.45) is 0 Å². The fraction of sp³-hybridized carbons (Fsp3) is 0.438. The van der Waals surface area contributed by atoms with Gasteiger partial charge in [-0.25, -0.2) is 0 Å². The first-order chi connectivity index (χ1) is 10.0. The van der Waals surface area contributed by atoms with Crippen LogP contribution >= 0.6 is 0 Å². The number of carbonyl (C=O) groups is 2. The number of carbonyl (C=O) groups excluding carboxylic acids is 2. The predicted octanol–water partition coefficient (Wildman–Crippen LogP) is 1.67. The molecule has 1 aromatic carbocycles. The smallest absolute Gasteiger partial charge is 0.244 e. The fourth-order valence-corrected chi connectivity index (χ4v) is 2.10. The molecule has 0 saturated heterocycles. The molecule has 2 atom stereocenters. The molecule has 1 rings (SSSR count). The molecule has 0 aromatic heterocycles. The molecule has 5 heteroatoms. The van der Waals surface area contributed by atoms with Gasteiger partial charge in [-0.3, -0.25) is 9.59 Å². The molecule has 0 aliphatic heterocycles. The molecule has 1 aromatic rings. The van der Waals surface area contributed by atoms with E-state index < -0.39 is 17.9 Å². The fourth-order valence-electron chi connectivity index (χ4n) is 2.10. The molecular formula is C16H21N3O2. The Morgan fingerprint density at radius 1 is 1.24 bits per heavy atom. The van der Waals surface area contributed by atoms with Gasteiger partial charge in [0, 0.05) is 13.1 Å². The molecule has 0 bridgehead atoms. The number of nitrogens with zero attached hydrogens (tertiary/aromatic N) is 2. The van der Waals surface area contributed by atoms with Crippen LogP contribution in [0.2, 0.25) is 0 Å². The summed E-state index contributed by atoms with van der Waals surface area (Å²) in [6.07, 6.45) is 0. The summed E-state index contributed by atoms with van der Waals surface area (Å²) in [5.74, 6) is -1.49. The molecule has 112 valence electrons. The Kier molecular flexibility index (Phi) is 6.41. The molecule has 0 heterocycles. The van der Waals surface area contributed by atoms with E-state index in [2.05, 4.69) is 5.32 Å². The van der Waals surface area contributed by atoms with Crippen molar-refractivity contribution in [2.45, 2.75) is 32.7 Å². The third kappa shape index (κ3) is 4.32. The summed E-state index contributed by atoms with van der Waals surface area (Å²) in [6.45, 7) is 6.60. The van der Waals surface area contributed by atoms with Gasteiger partial charge >= 0.3 is 0 Å². The topological polar surface area (TPSA) is 73.2 Å². The number of nitrogens with one attached hydrogen (secondary N) is 1. The molecule has 2 unspecified atom stereocenters. The number of amides is 2. The standard InChI is InChI=1S/C16H21N3O2/c1-4-19(5-2)16(21)12(3)18-15(20)14(11-17)13-9-7-6-8-10-13/h6-10,12,14H,4-5H2,1-3H3,(H,18,20). The lowest BCUT2D eigenvalue weighted by atomic mass is 9.99. The minimum Gasteiger partial charge on any atom is -0.343 e. The van der Waals surface area contributed by atoms with Crippen LogP contribution in [0.25, 0.3) is 0 Å². The van der Waals surface area contributed by atoms with Gasteiger partial charge in [-0.05, 0) is 26.3 Å². The molecule has 0 saturated carbocycles. The summed E-state index contributed by atoms with van der Waals surface area (Å²) in [4.78, 5) is 25.9. The van der Waals surface area contributed by atoms with Crippen molar-refractivity contribution in [2.75, 3.05) is 13.1 Å². The van der Waals surface area contributed by atoms with Gasteiger partial charge in [0.15, 0.2) is 0 Å². The SMILES string of the molecule is CCN(CC)C(=O)C(C)NC(=O)C(C#N)c1ccccc1. The first-order valence-electron chi connectivity index (χ1n) is 7.08. The number of likely N-dealkylation sites (N-methyl/N-ethyl adjacent to an activating group) is 1. The molecule has 0 fully saturated rings. The second kappa shape index (κ2) is 8.05. The van der Waals surface area contributed by atoms with Crippen molar-refractivity contribution in [1.29, 1.82) is 5.26 Å². The van der Waals surface area contributed by atoms with E-state index in [0.29, 0.717) is 18.7 Å². The molecule has 21 heavy (non-hydrogen) atoms. The normalized spacial score (nSPS) is 12.9. The molecule has 0 radical (unpaired) electrons. The molecule has 0 aliphatic rings. The van der Waals surface area contributed by atoms with Gasteiger partial charge in [0.25, 0.3) is 0 Å². The maximum absolute atomic E-state index is 12.2. The average molecular weight is 287 g/mol. The van der Waals surface area contributed by atoms with E-state index in [1.807, 2.05) is 26.0 Å². The Bertz CT molecular complexity index is 518. The third-order valence-electron chi connectivity index (χ3n) is 3.33. The van der Waals surface area contributed by atoms with Crippen molar-refractivity contribution < 1.29 is 9.59 Å². The number of hydrogen-bond donors (Lipinski definition) is 1. The lowest BCUT2D eigenvalue weighted by Crippen LogP contribution is -2.47. The van der Waals surface area contributed by atoms with Crippen LogP contribution in [0.3, 0.4) is 0 Å². The van der Waals surface area contributed by atoms with E-state index >= 15 is 0 Å². The highest BCUT2D eigenvalue weighted by atomic mass is 16.2. The second-order valence-corrected chi connectivity index (χ2v) is 4.71. The van der Waals surface area contributed by atoms with Gasteiger partial charge in [0.2, 0.25) is 11.8 Å². The lowest BCUT2D eigenvalue weighted by Gasteiger charge is -2.24. The van der Waals surface area contributed by atoms with Crippen LogP contribution in [0.5, 0.6) is 0 Å². The largest absolute Gasteiger partial charge is 0.343 e. The molecule has 5 nitrogen and oxygen atoms in total. The molecular weight excluding hydrogens is 266 g/mol. The van der Waals surface area contributed by atoms with Crippen molar-refractivity contribution in [3.8, 4) is 6.07 Å². The lowest BCUT2D eigenvalue weighted by molar-refractivity contribution is -0.135. The highest BCUT2D eigenvalue weighted by molar-refractivity contribution is 5.91. The predicted molar refractivity (Wildman–Crippen MR) is 80.3 cm³/mol. The molecule has 2 amide bonds. The van der Waals surface area contributed by atoms with Crippen molar-refractivity contribution in [1.82, 2.24) is 10.2 Å². The number of nitriles is 1. The minimum absolute atomic E-state index is 0.141. The highest BCUT2D eigenvalue weighted by Crippen LogP contribution is 2.14. The quantitative estimate of drug-likeness (QED) is 0.865. The number of benzene rings is 1. The molecule has 0 spiro atoms. The summed E-state index contributed by atoms with van der Waals surface area (Å²) < 4.78 is 0. The van der Waals surface area contributed by atoms with Crippen LogP contribution < -0.4 is 5.32 Å². The summed E-state index contributed by atoms with van der Waals surface area (Å²) in [7, 11) is 0. The zero-order chi connectivity index (χ0) is 15.8. The highest BCUT2D eigenvalue weighted by Gasteiger charge is 2.25. The van der Waals surface area contributed by atoms with Crippen LogP contribution in [0.15, 0.2) is 30.3 Å². The summed E-state index contributed by atoms with van der Waals surface area (Å²) in [5.41, 5.74) is 0.625. The van der Waals surface area contributed by atoms with Gasteiger partial charge in [-0.1, -0.05) is 30.3 Å². The summed E-state index contributed by atoms with van der Waals surface area (Å²) >= 11 is 0. The first-order valence-corrected chi connectivity index (χ1v) is 7.08. The van der Waals surface area contributed by atoms with Gasteiger partial charge < -0.3 is 10.2 Å². The average Bonchev–Trinajstić information content (AvgIpc) is 2.50. The van der Waals surface area contributed by atoms with Crippen molar-refractivity contribution >= 4 is 11.8 Å². The van der Waals surface area contributed by atoms with Crippen molar-refractivity contribution in [3.63, 3.8) is 0 Å². The zero-order valence-corrected chi connectivity index (χ0v) is 12.7. The van der Waals surface area contributed by atoms with E-state index in [-0.39, 0.29) is 5.91 Å². The Labute approximate surface area is 125 Å². The Morgan fingerprint density at radius 2 is 1.81 bits per heavy atom. The molecule has 1 N–H and O–H groups in total. The van der Waals surface area contributed by atoms with Crippen LogP contribution in [-0.4, -0.2) is 35.8 Å². The number of rotatable bonds is 6. The van der Waals surface area contributed by atoms with Crippen molar-refractivity contribution in [3.05, 3.63) is 35.9 Å². The van der Waals surface area contributed by atoms with E-state index in [1.54, 1.807) is 36.1 Å². The summed E-state index contributed by atoms with van der Waals surface area (Å²) in [6, 6.07) is 10.2. The zero-order valence-electron chi connectivity index (χ0n) is 12.7. The van der Waals surface area contributed by atoms with Gasteiger partial charge in [-0.15, -0.1) is 0 Å². The third-order valence-corrected chi connectivity index (χ3v) is 3.33. The minimum atomic E-state index is -0.904. The van der Waals surface area contributed by atoms with Gasteiger partial charge in [0.1, 0.15) is 12.0 Å². The van der Waals surface area contributed by atoms with Crippen LogP contribution in [-0.2, 0) is 9.59 Å². The Morgan fingerprint density at radius 3 is 2.29 bits per heavy atom. The maximum Gasteiger partial charge on any atom is 0.244 e. The summed E-state index contributed by atoms with van der Waals surface area (Å²) in [5, 5.41) is 11.8. The van der Waals surface area contributed by atoms with Gasteiger partial charge in [0.05, 0.1) is 6.07 Å². The monoisotopic (exact) mass is 287 g/mol. The van der Waals surface area contributed by atoms with Crippen LogP contribution in [0, 0.1) is 11.3 Å². The van der Waals surface area contributed by atoms with E-state index in [1.165, 1.54) is 0 Å². The Balaban J connectivity index is 2.76. The van der Waals surface area contributed by atoms with Crippen LogP contribution in [0.1, 0.15) is 32.3 Å². The Hall–Kier alpha value is -2.35. The van der Waals surface area contributed by atoms with Crippen LogP contribution in [0.4, 0.5) is 0 Å². The maximum atomic E-state index is 12.2. The van der Waals surface area contributed by atoms with Gasteiger partial charge in [-0.2, -0.15) is 5.26 Å². The van der Waals surface area contributed by atoms with E-state index in [9.17, 15) is 14.9 Å². The second-order valence-electron chi connectivity index (χ2n) is 4.71. The van der Waals surface area contributed by atoms with E-state index in [4.69, 9.17) is 0 Å².